The second-order valence-corrected chi connectivity index (χ2v) is 8.32. The maximum absolute atomic E-state index is 12.1. The first-order valence-corrected chi connectivity index (χ1v) is 8.98. The minimum absolute atomic E-state index is 0.0164. The third kappa shape index (κ3) is 6.03. The van der Waals surface area contributed by atoms with Crippen LogP contribution >= 0.6 is 0 Å². The van der Waals surface area contributed by atoms with E-state index in [9.17, 15) is 9.59 Å². The Hall–Kier alpha value is -1.18. The van der Waals surface area contributed by atoms with Crippen molar-refractivity contribution in [1.29, 1.82) is 0 Å². The van der Waals surface area contributed by atoms with Crippen molar-refractivity contribution in [1.82, 2.24) is 26.2 Å². The lowest BCUT2D eigenvalue weighted by atomic mass is 9.79. The van der Waals surface area contributed by atoms with Crippen LogP contribution in [-0.2, 0) is 9.59 Å². The van der Waals surface area contributed by atoms with Gasteiger partial charge < -0.3 is 21.3 Å². The molecule has 0 spiro atoms. The van der Waals surface area contributed by atoms with E-state index in [4.69, 9.17) is 0 Å². The summed E-state index contributed by atoms with van der Waals surface area (Å²) in [4.78, 5) is 26.4. The fourth-order valence-corrected chi connectivity index (χ4v) is 4.02. The van der Waals surface area contributed by atoms with Crippen molar-refractivity contribution in [3.63, 3.8) is 0 Å². The lowest BCUT2D eigenvalue weighted by molar-refractivity contribution is -0.140. The molecule has 2 amide bonds. The Labute approximate surface area is 145 Å². The van der Waals surface area contributed by atoms with E-state index in [1.807, 2.05) is 0 Å². The summed E-state index contributed by atoms with van der Waals surface area (Å²) in [6.45, 7) is 13.7. The van der Waals surface area contributed by atoms with Crippen molar-refractivity contribution >= 4 is 11.8 Å². The normalized spacial score (nSPS) is 24.3. The van der Waals surface area contributed by atoms with Crippen LogP contribution in [0.2, 0.25) is 0 Å². The fourth-order valence-electron chi connectivity index (χ4n) is 4.02. The molecule has 0 radical (unpaired) electrons. The molecular weight excluding hydrogens is 306 g/mol. The minimum atomic E-state index is -0.528. The minimum Gasteiger partial charge on any atom is -0.347 e. The Morgan fingerprint density at radius 3 is 2.21 bits per heavy atom. The van der Waals surface area contributed by atoms with Crippen LogP contribution in [0.15, 0.2) is 0 Å². The highest BCUT2D eigenvalue weighted by molar-refractivity contribution is 6.35. The van der Waals surface area contributed by atoms with Crippen LogP contribution in [-0.4, -0.2) is 73.1 Å². The van der Waals surface area contributed by atoms with Gasteiger partial charge in [-0.1, -0.05) is 0 Å². The highest BCUT2D eigenvalue weighted by atomic mass is 16.2. The van der Waals surface area contributed by atoms with Crippen LogP contribution in [0.5, 0.6) is 0 Å². The van der Waals surface area contributed by atoms with Crippen molar-refractivity contribution in [2.75, 3.05) is 39.3 Å². The summed E-state index contributed by atoms with van der Waals surface area (Å²) in [5, 5.41) is 12.5. The average molecular weight is 339 g/mol. The first-order valence-electron chi connectivity index (χ1n) is 8.98. The SMILES string of the molecule is CC1(C)CC(NC(=O)C(=O)NCCN2CCNCC2)CC(C)(C)N1. The number of rotatable bonds is 4. The third-order valence-corrected chi connectivity index (χ3v) is 4.65. The summed E-state index contributed by atoms with van der Waals surface area (Å²) in [5.41, 5.74) is -0.114. The zero-order chi connectivity index (χ0) is 17.8. The molecule has 2 fully saturated rings. The van der Waals surface area contributed by atoms with E-state index < -0.39 is 11.8 Å². The molecule has 2 saturated heterocycles. The molecule has 2 aliphatic heterocycles. The second kappa shape index (κ2) is 7.80. The molecule has 7 nitrogen and oxygen atoms in total. The van der Waals surface area contributed by atoms with Gasteiger partial charge in [0.2, 0.25) is 0 Å². The molecule has 0 aromatic heterocycles. The molecule has 2 heterocycles. The number of piperidine rings is 1. The lowest BCUT2D eigenvalue weighted by Gasteiger charge is -2.46. The maximum atomic E-state index is 12.1. The molecule has 2 rings (SSSR count). The summed E-state index contributed by atoms with van der Waals surface area (Å²) in [6.07, 6.45) is 1.63. The van der Waals surface area contributed by atoms with Gasteiger partial charge in [-0.15, -0.1) is 0 Å². The predicted octanol–water partition coefficient (Wildman–Crippen LogP) is -0.567. The fraction of sp³-hybridized carbons (Fsp3) is 0.882. The van der Waals surface area contributed by atoms with Crippen LogP contribution in [0.1, 0.15) is 40.5 Å². The molecule has 24 heavy (non-hydrogen) atoms. The molecule has 0 saturated carbocycles. The molecule has 7 heteroatoms. The Morgan fingerprint density at radius 1 is 1.04 bits per heavy atom. The van der Waals surface area contributed by atoms with Gasteiger partial charge in [0, 0.05) is 56.4 Å². The van der Waals surface area contributed by atoms with Gasteiger partial charge in [0.05, 0.1) is 0 Å². The number of hydrogen-bond donors (Lipinski definition) is 4. The van der Waals surface area contributed by atoms with Gasteiger partial charge in [-0.05, 0) is 40.5 Å². The molecule has 0 atom stereocenters. The van der Waals surface area contributed by atoms with Gasteiger partial charge in [0.1, 0.15) is 0 Å². The van der Waals surface area contributed by atoms with Crippen LogP contribution < -0.4 is 21.3 Å². The molecule has 2 aliphatic rings. The van der Waals surface area contributed by atoms with Gasteiger partial charge >= 0.3 is 11.8 Å². The number of amides is 2. The Morgan fingerprint density at radius 2 is 1.62 bits per heavy atom. The maximum Gasteiger partial charge on any atom is 0.309 e. The molecular formula is C17H33N5O2. The third-order valence-electron chi connectivity index (χ3n) is 4.65. The predicted molar refractivity (Wildman–Crippen MR) is 94.8 cm³/mol. The first-order chi connectivity index (χ1) is 11.2. The van der Waals surface area contributed by atoms with E-state index in [0.29, 0.717) is 6.54 Å². The van der Waals surface area contributed by atoms with Crippen LogP contribution in [0.4, 0.5) is 0 Å². The van der Waals surface area contributed by atoms with E-state index in [1.54, 1.807) is 0 Å². The molecule has 0 aromatic rings. The van der Waals surface area contributed by atoms with Gasteiger partial charge in [-0.3, -0.25) is 14.5 Å². The number of carbonyl (C=O) groups is 2. The number of carbonyl (C=O) groups excluding carboxylic acids is 2. The Kier molecular flexibility index (Phi) is 6.22. The highest BCUT2D eigenvalue weighted by Crippen LogP contribution is 2.28. The summed E-state index contributed by atoms with van der Waals surface area (Å²) in [6, 6.07) is 0.0164. The number of nitrogens with one attached hydrogen (secondary N) is 4. The lowest BCUT2D eigenvalue weighted by Crippen LogP contribution is -2.63. The summed E-state index contributed by atoms with van der Waals surface area (Å²) in [7, 11) is 0. The van der Waals surface area contributed by atoms with Crippen molar-refractivity contribution in [2.24, 2.45) is 0 Å². The Bertz CT molecular complexity index is 442. The zero-order valence-corrected chi connectivity index (χ0v) is 15.5. The number of hydrogen-bond acceptors (Lipinski definition) is 5. The molecule has 4 N–H and O–H groups in total. The molecule has 0 bridgehead atoms. The van der Waals surface area contributed by atoms with Gasteiger partial charge in [-0.2, -0.15) is 0 Å². The van der Waals surface area contributed by atoms with E-state index in [0.717, 1.165) is 45.6 Å². The summed E-state index contributed by atoms with van der Waals surface area (Å²) >= 11 is 0. The zero-order valence-electron chi connectivity index (χ0n) is 15.5. The van der Waals surface area contributed by atoms with Crippen LogP contribution in [0.25, 0.3) is 0 Å². The monoisotopic (exact) mass is 339 g/mol. The molecule has 0 unspecified atom stereocenters. The van der Waals surface area contributed by atoms with Crippen molar-refractivity contribution in [3.8, 4) is 0 Å². The molecule has 0 aliphatic carbocycles. The second-order valence-electron chi connectivity index (χ2n) is 8.32. The largest absolute Gasteiger partial charge is 0.347 e. The topological polar surface area (TPSA) is 85.5 Å². The van der Waals surface area contributed by atoms with Gasteiger partial charge in [-0.25, -0.2) is 0 Å². The number of piperazine rings is 1. The van der Waals surface area contributed by atoms with E-state index in [2.05, 4.69) is 53.9 Å². The van der Waals surface area contributed by atoms with Crippen LogP contribution in [0, 0.1) is 0 Å². The van der Waals surface area contributed by atoms with Crippen molar-refractivity contribution in [3.05, 3.63) is 0 Å². The highest BCUT2D eigenvalue weighted by Gasteiger charge is 2.38. The van der Waals surface area contributed by atoms with E-state index >= 15 is 0 Å². The first kappa shape index (κ1) is 19.1. The summed E-state index contributed by atoms with van der Waals surface area (Å²) in [5.74, 6) is -1.05. The van der Waals surface area contributed by atoms with Gasteiger partial charge in [0.15, 0.2) is 0 Å². The quantitative estimate of drug-likeness (QED) is 0.516. The standard InChI is InChI=1S/C17H33N5O2/c1-16(2)11-13(12-17(3,4)21-16)20-15(24)14(23)19-7-10-22-8-5-18-6-9-22/h13,18,21H,5-12H2,1-4H3,(H,19,23)(H,20,24). The average Bonchev–Trinajstić information content (AvgIpc) is 2.44. The number of nitrogens with zero attached hydrogens (tertiary/aromatic N) is 1. The van der Waals surface area contributed by atoms with E-state index in [-0.39, 0.29) is 17.1 Å². The molecule has 0 aromatic carbocycles. The van der Waals surface area contributed by atoms with Crippen molar-refractivity contribution in [2.45, 2.75) is 57.7 Å². The van der Waals surface area contributed by atoms with Crippen LogP contribution in [0.3, 0.4) is 0 Å². The van der Waals surface area contributed by atoms with E-state index in [1.165, 1.54) is 0 Å². The Balaban J connectivity index is 1.73. The molecule has 138 valence electrons. The van der Waals surface area contributed by atoms with Gasteiger partial charge in [0.25, 0.3) is 0 Å². The summed E-state index contributed by atoms with van der Waals surface area (Å²) < 4.78 is 0. The smallest absolute Gasteiger partial charge is 0.309 e. The van der Waals surface area contributed by atoms with Crippen molar-refractivity contribution < 1.29 is 9.59 Å².